The van der Waals surface area contributed by atoms with Gasteiger partial charge in [0.1, 0.15) is 0 Å². The predicted molar refractivity (Wildman–Crippen MR) is 172 cm³/mol. The van der Waals surface area contributed by atoms with Crippen LogP contribution < -0.4 is 11.0 Å². The fourth-order valence-electron chi connectivity index (χ4n) is 5.82. The van der Waals surface area contributed by atoms with Crippen molar-refractivity contribution in [3.05, 3.63) is 68.5 Å². The van der Waals surface area contributed by atoms with Crippen LogP contribution in [0.5, 0.6) is 0 Å². The van der Waals surface area contributed by atoms with E-state index in [9.17, 15) is 25.0 Å². The zero-order chi connectivity index (χ0) is 29.8. The van der Waals surface area contributed by atoms with Gasteiger partial charge in [-0.15, -0.1) is 0 Å². The first-order valence-corrected chi connectivity index (χ1v) is 14.7. The molecule has 0 aliphatic heterocycles. The van der Waals surface area contributed by atoms with E-state index in [4.69, 9.17) is 0 Å². The predicted octanol–water partition coefficient (Wildman–Crippen LogP) is 4.38. The molecule has 0 saturated heterocycles. The molecule has 0 amide bonds. The zero-order valence-electron chi connectivity index (χ0n) is 23.8. The second-order valence-electron chi connectivity index (χ2n) is 10.9. The first-order chi connectivity index (χ1) is 20.3. The second kappa shape index (κ2) is 12.8. The van der Waals surface area contributed by atoms with Crippen LogP contribution in [-0.2, 0) is 0 Å². The third kappa shape index (κ3) is 5.67. The van der Waals surface area contributed by atoms with Crippen molar-refractivity contribution in [2.75, 3.05) is 0 Å². The van der Waals surface area contributed by atoms with Crippen LogP contribution in [0.3, 0.4) is 0 Å². The Kier molecular flexibility index (Phi) is 9.00. The van der Waals surface area contributed by atoms with Crippen LogP contribution in [-0.4, -0.2) is 44.9 Å². The average molecular weight is 561 g/mol. The molecule has 0 saturated carbocycles. The minimum atomic E-state index is -1.72. The molecule has 2 aromatic heterocycles. The molecule has 212 valence electrons. The van der Waals surface area contributed by atoms with Crippen molar-refractivity contribution in [2.24, 2.45) is 5.92 Å². The number of non-ortho nitro benzene ring substituents is 1. The average Bonchev–Trinajstić information content (AvgIpc) is 3.37. The Morgan fingerprint density at radius 1 is 1.05 bits per heavy atom. The van der Waals surface area contributed by atoms with Gasteiger partial charge in [-0.25, -0.2) is 0 Å². The van der Waals surface area contributed by atoms with Gasteiger partial charge >= 0.3 is 224 Å². The Balaban J connectivity index is 1.53. The van der Waals surface area contributed by atoms with Gasteiger partial charge in [-0.3, -0.25) is 0 Å². The number of pyridine rings is 1. The molecule has 0 fully saturated rings. The van der Waals surface area contributed by atoms with Crippen molar-refractivity contribution in [3.63, 3.8) is 0 Å². The molecule has 5 rings (SSSR count). The first-order valence-electron chi connectivity index (χ1n) is 14.7. The van der Waals surface area contributed by atoms with Gasteiger partial charge in [-0.05, 0) is 5.46 Å². The monoisotopic (exact) mass is 561 g/mol. The number of imidazole rings is 1. The molecule has 0 aliphatic rings. The fraction of sp³-hybridized carbons (Fsp3) is 0.344. The number of nitro groups is 1. The molecule has 3 aromatic carbocycles. The Labute approximate surface area is 245 Å². The number of nitro benzene ring substituents is 1. The molecule has 1 unspecified atom stereocenters. The van der Waals surface area contributed by atoms with E-state index in [-0.39, 0.29) is 28.2 Å². The molecule has 1 atom stereocenters. The van der Waals surface area contributed by atoms with Crippen molar-refractivity contribution < 1.29 is 15.0 Å². The van der Waals surface area contributed by atoms with Crippen molar-refractivity contribution in [1.82, 2.24) is 9.38 Å². The van der Waals surface area contributed by atoms with Crippen molar-refractivity contribution >= 4 is 69.9 Å². The van der Waals surface area contributed by atoms with Crippen LogP contribution in [0.2, 0.25) is 0 Å². The summed E-state index contributed by atoms with van der Waals surface area (Å²) >= 11 is 0. The van der Waals surface area contributed by atoms with Gasteiger partial charge in [0, 0.05) is 0 Å². The molecule has 5 aromatic rings. The summed E-state index contributed by atoms with van der Waals surface area (Å²) in [5, 5.41) is 33.8. The van der Waals surface area contributed by atoms with E-state index in [0.29, 0.717) is 32.6 Å². The van der Waals surface area contributed by atoms with Crippen molar-refractivity contribution in [2.45, 2.75) is 64.7 Å². The van der Waals surface area contributed by atoms with E-state index in [1.165, 1.54) is 55.1 Å². The van der Waals surface area contributed by atoms with Gasteiger partial charge in [0.15, 0.2) is 0 Å². The van der Waals surface area contributed by atoms with Gasteiger partial charge in [0.2, 0.25) is 0 Å². The third-order valence-corrected chi connectivity index (χ3v) is 8.02. The maximum absolute atomic E-state index is 13.8. The van der Waals surface area contributed by atoms with Gasteiger partial charge in [0.05, 0.1) is 0 Å². The summed E-state index contributed by atoms with van der Waals surface area (Å²) in [5.41, 5.74) is 0.738. The number of unbranched alkanes of at least 4 members (excludes halogenated alkanes) is 7. The number of hydrogen-bond acceptors (Lipinski definition) is 6. The number of aromatic nitrogens is 2. The van der Waals surface area contributed by atoms with Crippen molar-refractivity contribution in [1.29, 1.82) is 0 Å². The van der Waals surface area contributed by atoms with Crippen LogP contribution in [0.15, 0.2) is 47.3 Å². The molecule has 0 bridgehead atoms. The second-order valence-corrected chi connectivity index (χ2v) is 10.9. The molecule has 0 radical (unpaired) electrons. The van der Waals surface area contributed by atoms with Crippen LogP contribution in [0.4, 0.5) is 5.69 Å². The normalized spacial score (nSPS) is 12.1. The molecule has 42 heavy (non-hydrogen) atoms. The van der Waals surface area contributed by atoms with Crippen LogP contribution in [0.1, 0.15) is 70.3 Å². The maximum atomic E-state index is 13.8. The first kappa shape index (κ1) is 29.4. The Hall–Kier alpha value is -4.06. The van der Waals surface area contributed by atoms with Crippen LogP contribution >= 0.6 is 0 Å². The molecule has 0 spiro atoms. The molecular formula is C32H33B2N3O5. The Morgan fingerprint density at radius 2 is 1.76 bits per heavy atom. The summed E-state index contributed by atoms with van der Waals surface area (Å²) in [6.07, 6.45) is 10.7. The van der Waals surface area contributed by atoms with E-state index in [0.717, 1.165) is 19.3 Å². The number of rotatable bonds is 12. The third-order valence-electron chi connectivity index (χ3n) is 8.02. The molecule has 2 N–H and O–H groups in total. The summed E-state index contributed by atoms with van der Waals surface area (Å²) < 4.78 is 1.39. The van der Waals surface area contributed by atoms with Crippen LogP contribution in [0.25, 0.3) is 38.2 Å². The van der Waals surface area contributed by atoms with Crippen molar-refractivity contribution in [3.8, 4) is 11.8 Å². The summed E-state index contributed by atoms with van der Waals surface area (Å²) in [6, 6.07) is 11.4. The number of nitrogens with zero attached hydrogens (tertiary/aromatic N) is 3. The molecular weight excluding hydrogens is 528 g/mol. The topological polar surface area (TPSA) is 118 Å². The minimum absolute atomic E-state index is 0.0404. The molecule has 10 heteroatoms. The summed E-state index contributed by atoms with van der Waals surface area (Å²) in [6.45, 7) is 2.22. The number of fused-ring (bicyclic) bond motifs is 4. The van der Waals surface area contributed by atoms with Crippen LogP contribution in [0, 0.1) is 27.9 Å². The van der Waals surface area contributed by atoms with E-state index in [1.54, 1.807) is 30.3 Å². The summed E-state index contributed by atoms with van der Waals surface area (Å²) in [4.78, 5) is 30.0. The standard InChI is InChI=1S/C32H33B2N3O5/c1-2-3-4-5-6-7-8-9-11-21(20-33)14-15-22-18-27-30(28(19-22)37(41)42)35-31-24-13-10-12-23-26(34(39)40)17-16-25(29(23)24)32(38)36(27)31/h10,12-13,16-21,33,39-40H,2-9,11H2,1H3. The van der Waals surface area contributed by atoms with E-state index >= 15 is 0 Å². The van der Waals surface area contributed by atoms with Gasteiger partial charge < -0.3 is 10.0 Å². The Morgan fingerprint density at radius 3 is 2.45 bits per heavy atom. The summed E-state index contributed by atoms with van der Waals surface area (Å²) in [5.74, 6) is 8.09. The SMILES string of the molecule is B=CC(C#Cc1cc([N+](=O)[O-])c2nc3c4cccc5c(B(O)O)ccc(c(=O)n3c2c1)c54)CCCCCCCCCC. The van der Waals surface area contributed by atoms with Gasteiger partial charge in [-0.2, -0.15) is 0 Å². The fourth-order valence-corrected chi connectivity index (χ4v) is 5.82. The number of hydrogen-bond donors (Lipinski definition) is 2. The quantitative estimate of drug-likeness (QED) is 0.0768. The van der Waals surface area contributed by atoms with E-state index < -0.39 is 17.6 Å². The van der Waals surface area contributed by atoms with E-state index in [1.807, 2.05) is 5.97 Å². The Bertz CT molecular complexity index is 1910. The molecule has 2 heterocycles. The van der Waals surface area contributed by atoms with Gasteiger partial charge in [-0.1, -0.05) is 6.07 Å². The molecule has 0 aliphatic carbocycles. The summed E-state index contributed by atoms with van der Waals surface area (Å²) in [7, 11) is 2.21. The molecule has 8 nitrogen and oxygen atoms in total. The number of benzene rings is 3. The van der Waals surface area contributed by atoms with E-state index in [2.05, 4.69) is 31.2 Å². The zero-order valence-corrected chi connectivity index (χ0v) is 23.8. The van der Waals surface area contributed by atoms with Gasteiger partial charge in [0.25, 0.3) is 0 Å².